The molecule has 23 heavy (non-hydrogen) atoms. The van der Waals surface area contributed by atoms with Crippen LogP contribution in [0.4, 0.5) is 0 Å². The smallest absolute Gasteiger partial charge is 0.236 e. The molecule has 1 amide bonds. The summed E-state index contributed by atoms with van der Waals surface area (Å²) < 4.78 is 5.54. The highest BCUT2D eigenvalue weighted by atomic mass is 16.5. The number of hydrogen-bond donors (Lipinski definition) is 1. The summed E-state index contributed by atoms with van der Waals surface area (Å²) in [5.41, 5.74) is -0.306. The van der Waals surface area contributed by atoms with Gasteiger partial charge in [-0.1, -0.05) is 19.0 Å². The number of nitrogens with zero attached hydrogens (tertiary/aromatic N) is 4. The topological polar surface area (TPSA) is 82.7 Å². The Morgan fingerprint density at radius 3 is 2.87 bits per heavy atom. The van der Waals surface area contributed by atoms with Crippen LogP contribution < -0.4 is 0 Å². The van der Waals surface area contributed by atoms with E-state index in [-0.39, 0.29) is 23.8 Å². The summed E-state index contributed by atoms with van der Waals surface area (Å²) >= 11 is 0. The van der Waals surface area contributed by atoms with Crippen LogP contribution in [0.1, 0.15) is 32.0 Å². The number of aromatic nitrogens is 2. The second-order valence-electron chi connectivity index (χ2n) is 7.16. The van der Waals surface area contributed by atoms with Crippen LogP contribution in [0.5, 0.6) is 0 Å². The lowest BCUT2D eigenvalue weighted by atomic mass is 9.73. The molecule has 2 saturated heterocycles. The molecular weight excluding hydrogens is 296 g/mol. The zero-order chi connectivity index (χ0) is 16.6. The van der Waals surface area contributed by atoms with E-state index < -0.39 is 0 Å². The lowest BCUT2D eigenvalue weighted by Gasteiger charge is -2.42. The summed E-state index contributed by atoms with van der Waals surface area (Å²) in [6.07, 6.45) is 0.932. The van der Waals surface area contributed by atoms with Crippen molar-refractivity contribution in [1.29, 1.82) is 0 Å². The molecule has 3 heterocycles. The second-order valence-corrected chi connectivity index (χ2v) is 7.16. The average Bonchev–Trinajstić information content (AvgIpc) is 3.10. The molecule has 7 nitrogen and oxygen atoms in total. The Balaban J connectivity index is 1.91. The van der Waals surface area contributed by atoms with Gasteiger partial charge >= 0.3 is 0 Å². The Hall–Kier alpha value is -1.47. The molecule has 2 aliphatic rings. The lowest BCUT2D eigenvalue weighted by Crippen LogP contribution is -2.54. The van der Waals surface area contributed by atoms with E-state index in [4.69, 9.17) is 4.52 Å². The first kappa shape index (κ1) is 16.4. The molecule has 3 rings (SSSR count). The largest absolute Gasteiger partial charge is 0.395 e. The van der Waals surface area contributed by atoms with Gasteiger partial charge < -0.3 is 14.5 Å². The summed E-state index contributed by atoms with van der Waals surface area (Å²) in [5.74, 6) is 1.82. The zero-order valence-electron chi connectivity index (χ0n) is 14.2. The van der Waals surface area contributed by atoms with Crippen molar-refractivity contribution in [3.05, 3.63) is 11.7 Å². The van der Waals surface area contributed by atoms with Gasteiger partial charge in [0.05, 0.1) is 12.0 Å². The van der Waals surface area contributed by atoms with Gasteiger partial charge in [-0.25, -0.2) is 0 Å². The lowest BCUT2D eigenvalue weighted by molar-refractivity contribution is -0.137. The normalized spacial score (nSPS) is 28.4. The minimum Gasteiger partial charge on any atom is -0.395 e. The van der Waals surface area contributed by atoms with E-state index in [1.165, 1.54) is 0 Å². The number of fused-ring (bicyclic) bond motifs is 1. The number of hydrogen-bond acceptors (Lipinski definition) is 6. The number of aliphatic hydroxyl groups is 1. The number of β-amino-alcohol motifs (C(OH)–C–C–N with tert-alkyl or cyclic N) is 1. The van der Waals surface area contributed by atoms with Gasteiger partial charge in [0.1, 0.15) is 0 Å². The Morgan fingerprint density at radius 2 is 2.26 bits per heavy atom. The number of rotatable bonds is 4. The molecule has 128 valence electrons. The van der Waals surface area contributed by atoms with E-state index in [9.17, 15) is 9.90 Å². The summed E-state index contributed by atoms with van der Waals surface area (Å²) in [6, 6.07) is 0. The second kappa shape index (κ2) is 6.20. The number of piperidine rings is 1. The summed E-state index contributed by atoms with van der Waals surface area (Å²) in [6.45, 7) is 9.53. The first-order valence-electron chi connectivity index (χ1n) is 8.39. The maximum Gasteiger partial charge on any atom is 0.236 e. The Kier molecular flexibility index (Phi) is 4.42. The monoisotopic (exact) mass is 322 g/mol. The fourth-order valence-corrected chi connectivity index (χ4v) is 4.03. The number of amides is 1. The van der Waals surface area contributed by atoms with Crippen molar-refractivity contribution in [2.45, 2.75) is 32.6 Å². The predicted molar refractivity (Wildman–Crippen MR) is 83.8 cm³/mol. The van der Waals surface area contributed by atoms with Crippen LogP contribution in [0, 0.1) is 18.8 Å². The summed E-state index contributed by atoms with van der Waals surface area (Å²) in [7, 11) is 0. The Bertz CT molecular complexity index is 573. The molecule has 1 aromatic rings. The van der Waals surface area contributed by atoms with Crippen molar-refractivity contribution in [2.24, 2.45) is 11.8 Å². The van der Waals surface area contributed by atoms with Gasteiger partial charge in [0.15, 0.2) is 5.82 Å². The number of carbonyl (C=O) groups excluding carboxylic acids is 1. The molecule has 2 fully saturated rings. The average molecular weight is 322 g/mol. The van der Waals surface area contributed by atoms with Crippen molar-refractivity contribution in [3.63, 3.8) is 0 Å². The molecule has 7 heteroatoms. The first-order chi connectivity index (χ1) is 11.0. The molecule has 2 atom stereocenters. The summed E-state index contributed by atoms with van der Waals surface area (Å²) in [5, 5.41) is 13.2. The minimum absolute atomic E-state index is 0.0111. The SMILES string of the molecule is Cc1noc([C@@]23CN(CCO)C[C@@H]2CCN(C(=O)C(C)C)C3)n1. The van der Waals surface area contributed by atoms with Crippen LogP contribution in [0.15, 0.2) is 4.52 Å². The van der Waals surface area contributed by atoms with Gasteiger partial charge in [-0.3, -0.25) is 9.69 Å². The van der Waals surface area contributed by atoms with Crippen LogP contribution in [0.3, 0.4) is 0 Å². The van der Waals surface area contributed by atoms with Crippen LogP contribution >= 0.6 is 0 Å². The van der Waals surface area contributed by atoms with E-state index in [0.717, 1.165) is 26.1 Å². The minimum atomic E-state index is -0.306. The molecule has 0 radical (unpaired) electrons. The van der Waals surface area contributed by atoms with E-state index in [2.05, 4.69) is 15.0 Å². The highest BCUT2D eigenvalue weighted by Gasteiger charge is 2.54. The fraction of sp³-hybridized carbons (Fsp3) is 0.812. The third-order valence-corrected chi connectivity index (χ3v) is 5.16. The van der Waals surface area contributed by atoms with Crippen molar-refractivity contribution in [1.82, 2.24) is 19.9 Å². The molecule has 1 aromatic heterocycles. The van der Waals surface area contributed by atoms with Crippen LogP contribution in [-0.2, 0) is 10.2 Å². The van der Waals surface area contributed by atoms with Crippen molar-refractivity contribution in [2.75, 3.05) is 39.3 Å². The number of likely N-dealkylation sites (tertiary alicyclic amines) is 2. The highest BCUT2D eigenvalue weighted by Crippen LogP contribution is 2.44. The summed E-state index contributed by atoms with van der Waals surface area (Å²) in [4.78, 5) is 21.2. The number of carbonyl (C=O) groups is 1. The van der Waals surface area contributed by atoms with Gasteiger partial charge in [0, 0.05) is 38.6 Å². The van der Waals surface area contributed by atoms with E-state index >= 15 is 0 Å². The third kappa shape index (κ3) is 2.87. The van der Waals surface area contributed by atoms with Gasteiger partial charge in [-0.2, -0.15) is 4.98 Å². The first-order valence-corrected chi connectivity index (χ1v) is 8.39. The third-order valence-electron chi connectivity index (χ3n) is 5.16. The Morgan fingerprint density at radius 1 is 1.48 bits per heavy atom. The van der Waals surface area contributed by atoms with Crippen molar-refractivity contribution >= 4 is 5.91 Å². The van der Waals surface area contributed by atoms with Gasteiger partial charge in [-0.05, 0) is 19.3 Å². The maximum absolute atomic E-state index is 12.5. The number of aliphatic hydroxyl groups excluding tert-OH is 1. The van der Waals surface area contributed by atoms with Crippen LogP contribution in [0.25, 0.3) is 0 Å². The van der Waals surface area contributed by atoms with Gasteiger partial charge in [-0.15, -0.1) is 0 Å². The zero-order valence-corrected chi connectivity index (χ0v) is 14.2. The molecule has 0 spiro atoms. The standard InChI is InChI=1S/C16H26N4O3/c1-11(2)14(22)20-5-4-13-8-19(6-7-21)9-16(13,10-20)15-17-12(3)18-23-15/h11,13,21H,4-10H2,1-3H3/t13-,16+/m0/s1. The van der Waals surface area contributed by atoms with Crippen molar-refractivity contribution in [3.8, 4) is 0 Å². The molecule has 0 aliphatic carbocycles. The van der Waals surface area contributed by atoms with Crippen LogP contribution in [-0.4, -0.2) is 70.3 Å². The quantitative estimate of drug-likeness (QED) is 0.865. The Labute approximate surface area is 136 Å². The maximum atomic E-state index is 12.5. The fourth-order valence-electron chi connectivity index (χ4n) is 4.03. The molecule has 0 aromatic carbocycles. The molecule has 0 bridgehead atoms. The van der Waals surface area contributed by atoms with E-state index in [1.54, 1.807) is 0 Å². The van der Waals surface area contributed by atoms with Crippen molar-refractivity contribution < 1.29 is 14.4 Å². The molecular formula is C16H26N4O3. The molecule has 0 saturated carbocycles. The van der Waals surface area contributed by atoms with Gasteiger partial charge in [0.2, 0.25) is 11.8 Å². The number of aryl methyl sites for hydroxylation is 1. The molecule has 0 unspecified atom stereocenters. The highest BCUT2D eigenvalue weighted by molar-refractivity contribution is 5.78. The van der Waals surface area contributed by atoms with E-state index in [0.29, 0.717) is 30.7 Å². The molecule has 1 N–H and O–H groups in total. The van der Waals surface area contributed by atoms with Crippen LogP contribution in [0.2, 0.25) is 0 Å². The van der Waals surface area contributed by atoms with E-state index in [1.807, 2.05) is 25.7 Å². The molecule has 2 aliphatic heterocycles. The van der Waals surface area contributed by atoms with Gasteiger partial charge in [0.25, 0.3) is 0 Å². The predicted octanol–water partition coefficient (Wildman–Crippen LogP) is 0.428.